The van der Waals surface area contributed by atoms with E-state index in [-0.39, 0.29) is 11.1 Å². The Bertz CT molecular complexity index is 851. The van der Waals surface area contributed by atoms with E-state index in [1.54, 1.807) is 21.3 Å². The first-order valence-electron chi connectivity index (χ1n) is 8.24. The molecule has 27 heavy (non-hydrogen) atoms. The van der Waals surface area contributed by atoms with Gasteiger partial charge in [0, 0.05) is 18.4 Å². The Hall–Kier alpha value is -2.76. The van der Waals surface area contributed by atoms with Crippen molar-refractivity contribution in [3.63, 3.8) is 0 Å². The maximum absolute atomic E-state index is 9.87. The molecule has 0 spiro atoms. The number of ether oxygens (including phenoxy) is 3. The third-order valence-corrected chi connectivity index (χ3v) is 5.13. The molecule has 1 aliphatic heterocycles. The number of anilines is 1. The van der Waals surface area contributed by atoms with Gasteiger partial charge in [-0.25, -0.2) is 0 Å². The van der Waals surface area contributed by atoms with Gasteiger partial charge in [-0.3, -0.25) is 0 Å². The maximum atomic E-state index is 9.87. The number of hydrogen-bond donors (Lipinski definition) is 1. The lowest BCUT2D eigenvalue weighted by Gasteiger charge is -2.19. The molecule has 140 valence electrons. The third kappa shape index (κ3) is 4.32. The quantitative estimate of drug-likeness (QED) is 0.770. The largest absolute Gasteiger partial charge is 0.497 e. The van der Waals surface area contributed by atoms with Crippen molar-refractivity contribution >= 4 is 17.4 Å². The molecule has 0 aliphatic carbocycles. The molecule has 3 unspecified atom stereocenters. The second kappa shape index (κ2) is 8.75. The van der Waals surface area contributed by atoms with Gasteiger partial charge in [-0.05, 0) is 35.9 Å². The van der Waals surface area contributed by atoms with E-state index < -0.39 is 5.92 Å². The van der Waals surface area contributed by atoms with Crippen molar-refractivity contribution in [1.29, 1.82) is 5.26 Å². The van der Waals surface area contributed by atoms with Crippen LogP contribution >= 0.6 is 11.8 Å². The summed E-state index contributed by atoms with van der Waals surface area (Å²) < 4.78 is 15.7. The fraction of sp³-hybridized carbons (Fsp3) is 0.316. The van der Waals surface area contributed by atoms with E-state index in [1.807, 2.05) is 42.5 Å². The molecule has 3 rings (SSSR count). The minimum atomic E-state index is -0.477. The molecule has 7 nitrogen and oxygen atoms in total. The van der Waals surface area contributed by atoms with Gasteiger partial charge >= 0.3 is 0 Å². The summed E-state index contributed by atoms with van der Waals surface area (Å²) in [5.41, 5.74) is 1.87. The Morgan fingerprint density at radius 2 is 1.74 bits per heavy atom. The highest BCUT2D eigenvalue weighted by atomic mass is 32.2. The molecule has 0 saturated heterocycles. The number of hydrogen-bond acceptors (Lipinski definition) is 8. The van der Waals surface area contributed by atoms with Crippen LogP contribution in [0.15, 0.2) is 52.7 Å². The Morgan fingerprint density at radius 1 is 1.04 bits per heavy atom. The zero-order valence-corrected chi connectivity index (χ0v) is 16.1. The highest BCUT2D eigenvalue weighted by Gasteiger charge is 2.25. The molecule has 0 saturated carbocycles. The van der Waals surface area contributed by atoms with E-state index in [9.17, 15) is 5.26 Å². The molecule has 1 heterocycles. The monoisotopic (exact) mass is 384 g/mol. The zero-order chi connectivity index (χ0) is 19.2. The zero-order valence-electron chi connectivity index (χ0n) is 15.2. The lowest BCUT2D eigenvalue weighted by molar-refractivity contribution is 0.178. The molecule has 0 bridgehead atoms. The van der Waals surface area contributed by atoms with E-state index in [2.05, 4.69) is 21.6 Å². The van der Waals surface area contributed by atoms with Gasteiger partial charge in [0.2, 0.25) is 5.56 Å². The van der Waals surface area contributed by atoms with Crippen LogP contribution in [-0.2, 0) is 4.74 Å². The predicted octanol–water partition coefficient (Wildman–Crippen LogP) is 4.18. The van der Waals surface area contributed by atoms with Crippen LogP contribution in [0.3, 0.4) is 0 Å². The van der Waals surface area contributed by atoms with Crippen LogP contribution in [0, 0.1) is 11.3 Å². The summed E-state index contributed by atoms with van der Waals surface area (Å²) in [6.07, 6.45) is 0. The van der Waals surface area contributed by atoms with Crippen molar-refractivity contribution in [2.24, 2.45) is 10.2 Å². The Balaban J connectivity index is 1.93. The smallest absolute Gasteiger partial charge is 0.219 e. The average Bonchev–Trinajstić information content (AvgIpc) is 3.17. The fourth-order valence-corrected chi connectivity index (χ4v) is 3.48. The molecule has 2 aromatic carbocycles. The number of nitrogens with zero attached hydrogens (tertiary/aromatic N) is 3. The number of rotatable bonds is 7. The normalized spacial score (nSPS) is 19.3. The van der Waals surface area contributed by atoms with Gasteiger partial charge in [-0.15, -0.1) is 5.11 Å². The molecule has 0 amide bonds. The van der Waals surface area contributed by atoms with Crippen LogP contribution in [0.2, 0.25) is 0 Å². The summed E-state index contributed by atoms with van der Waals surface area (Å²) in [7, 11) is 4.81. The van der Waals surface area contributed by atoms with Crippen LogP contribution < -0.4 is 14.8 Å². The molecule has 8 heteroatoms. The molecule has 0 radical (unpaired) electrons. The van der Waals surface area contributed by atoms with E-state index in [1.165, 1.54) is 11.8 Å². The van der Waals surface area contributed by atoms with Crippen LogP contribution in [0.25, 0.3) is 0 Å². The average molecular weight is 384 g/mol. The third-order valence-electron chi connectivity index (χ3n) is 4.14. The summed E-state index contributed by atoms with van der Waals surface area (Å²) >= 11 is 1.45. The van der Waals surface area contributed by atoms with Gasteiger partial charge in [-0.1, -0.05) is 23.9 Å². The molecule has 0 fully saturated rings. The maximum Gasteiger partial charge on any atom is 0.219 e. The topological polar surface area (TPSA) is 88.2 Å². The number of nitrogens with one attached hydrogen (secondary N) is 1. The summed E-state index contributed by atoms with van der Waals surface area (Å²) in [4.78, 5) is 0. The molecule has 2 aromatic rings. The Morgan fingerprint density at radius 3 is 2.33 bits per heavy atom. The molecular weight excluding hydrogens is 364 g/mol. The van der Waals surface area contributed by atoms with Gasteiger partial charge in [0.05, 0.1) is 26.2 Å². The van der Waals surface area contributed by atoms with Crippen LogP contribution in [0.1, 0.15) is 17.0 Å². The number of azo groups is 1. The van der Waals surface area contributed by atoms with Crippen molar-refractivity contribution in [3.05, 3.63) is 53.6 Å². The van der Waals surface area contributed by atoms with Crippen LogP contribution in [0.5, 0.6) is 11.5 Å². The van der Waals surface area contributed by atoms with Gasteiger partial charge in [0.25, 0.3) is 0 Å². The highest BCUT2D eigenvalue weighted by molar-refractivity contribution is 8.00. The van der Waals surface area contributed by atoms with Crippen molar-refractivity contribution in [3.8, 4) is 17.6 Å². The lowest BCUT2D eigenvalue weighted by Crippen LogP contribution is -2.14. The van der Waals surface area contributed by atoms with Crippen LogP contribution in [-0.4, -0.2) is 32.4 Å². The summed E-state index contributed by atoms with van der Waals surface area (Å²) in [5, 5.41) is 21.4. The minimum absolute atomic E-state index is 0.280. The van der Waals surface area contributed by atoms with Crippen molar-refractivity contribution < 1.29 is 14.2 Å². The Kier molecular flexibility index (Phi) is 6.16. The Labute approximate surface area is 162 Å². The standard InChI is InChI=1S/C19H20N4O3S/c1-24-13-6-4-12(5-7-13)16(11-20)15-10-14(25-2)8-9-17(15)21-18-22-23-19(26-3)27-18/h4-10,16,18-19,21H,1-3H3. The number of methoxy groups -OCH3 is 3. The van der Waals surface area contributed by atoms with E-state index in [0.29, 0.717) is 5.75 Å². The predicted molar refractivity (Wildman–Crippen MR) is 104 cm³/mol. The first-order chi connectivity index (χ1) is 13.2. The minimum Gasteiger partial charge on any atom is -0.497 e. The summed E-state index contributed by atoms with van der Waals surface area (Å²) in [6.45, 7) is 0. The van der Waals surface area contributed by atoms with Crippen molar-refractivity contribution in [2.75, 3.05) is 26.6 Å². The molecule has 0 aromatic heterocycles. The lowest BCUT2D eigenvalue weighted by atomic mass is 9.91. The molecular formula is C19H20N4O3S. The first-order valence-corrected chi connectivity index (χ1v) is 9.19. The molecule has 3 atom stereocenters. The van der Waals surface area contributed by atoms with Gasteiger partial charge in [-0.2, -0.15) is 10.4 Å². The van der Waals surface area contributed by atoms with Gasteiger partial charge in [0.15, 0.2) is 5.50 Å². The van der Waals surface area contributed by atoms with E-state index in [0.717, 1.165) is 22.6 Å². The second-order valence-electron chi connectivity index (χ2n) is 5.69. The van der Waals surface area contributed by atoms with Crippen LogP contribution in [0.4, 0.5) is 5.69 Å². The number of benzene rings is 2. The number of nitriles is 1. The second-order valence-corrected chi connectivity index (χ2v) is 6.82. The van der Waals surface area contributed by atoms with Gasteiger partial charge in [0.1, 0.15) is 11.5 Å². The van der Waals surface area contributed by atoms with Crippen molar-refractivity contribution in [2.45, 2.75) is 17.0 Å². The highest BCUT2D eigenvalue weighted by Crippen LogP contribution is 2.36. The SMILES string of the molecule is COc1ccc(C(C#N)c2cc(OC)ccc2NC2N=NC(OC)S2)cc1. The van der Waals surface area contributed by atoms with E-state index in [4.69, 9.17) is 14.2 Å². The molecule has 1 N–H and O–H groups in total. The fourth-order valence-electron chi connectivity index (χ4n) is 2.74. The summed E-state index contributed by atoms with van der Waals surface area (Å²) in [6, 6.07) is 15.5. The summed E-state index contributed by atoms with van der Waals surface area (Å²) in [5.74, 6) is 0.947. The van der Waals surface area contributed by atoms with Gasteiger partial charge < -0.3 is 19.5 Å². The first kappa shape index (κ1) is 19.0. The number of thioether (sulfide) groups is 1. The van der Waals surface area contributed by atoms with E-state index >= 15 is 0 Å². The molecule has 1 aliphatic rings. The van der Waals surface area contributed by atoms with Crippen molar-refractivity contribution in [1.82, 2.24) is 0 Å².